The smallest absolute Gasteiger partial charge is 0.191 e. The molecule has 154 valence electrons. The molecule has 0 radical (unpaired) electrons. The monoisotopic (exact) mass is 500 g/mol. The fourth-order valence-corrected chi connectivity index (χ4v) is 2.67. The van der Waals surface area contributed by atoms with Crippen molar-refractivity contribution in [3.63, 3.8) is 0 Å². The maximum absolute atomic E-state index is 13.9. The van der Waals surface area contributed by atoms with Gasteiger partial charge in [0.05, 0.1) is 13.7 Å². The van der Waals surface area contributed by atoms with Gasteiger partial charge in [-0.15, -0.1) is 24.0 Å². The summed E-state index contributed by atoms with van der Waals surface area (Å²) < 4.78 is 19.2. The summed E-state index contributed by atoms with van der Waals surface area (Å²) in [6, 6.07) is 13.1. The van der Waals surface area contributed by atoms with E-state index in [1.165, 1.54) is 6.07 Å². The molecule has 0 saturated carbocycles. The third-order valence-electron chi connectivity index (χ3n) is 3.95. The van der Waals surface area contributed by atoms with Crippen molar-refractivity contribution in [2.45, 2.75) is 26.6 Å². The van der Waals surface area contributed by atoms with Crippen molar-refractivity contribution in [1.82, 2.24) is 15.5 Å². The normalized spacial score (nSPS) is 11.1. The van der Waals surface area contributed by atoms with E-state index < -0.39 is 0 Å². The van der Waals surface area contributed by atoms with Crippen LogP contribution in [0.4, 0.5) is 4.39 Å². The Kier molecular flexibility index (Phi) is 10.8. The molecule has 2 N–H and O–H groups in total. The summed E-state index contributed by atoms with van der Waals surface area (Å²) in [5, 5.41) is 6.54. The minimum atomic E-state index is -0.175. The van der Waals surface area contributed by atoms with Crippen LogP contribution in [0.15, 0.2) is 47.5 Å². The zero-order chi connectivity index (χ0) is 19.6. The van der Waals surface area contributed by atoms with Crippen LogP contribution in [0, 0.1) is 5.82 Å². The number of hydrogen-bond acceptors (Lipinski definition) is 3. The van der Waals surface area contributed by atoms with Gasteiger partial charge in [0.25, 0.3) is 0 Å². The van der Waals surface area contributed by atoms with Crippen LogP contribution in [0.2, 0.25) is 0 Å². The molecule has 0 unspecified atom stereocenters. The zero-order valence-electron chi connectivity index (χ0n) is 17.0. The highest BCUT2D eigenvalue weighted by molar-refractivity contribution is 14.0. The minimum Gasteiger partial charge on any atom is -0.497 e. The number of nitrogens with zero attached hydrogens (tertiary/aromatic N) is 2. The summed E-state index contributed by atoms with van der Waals surface area (Å²) in [6.07, 6.45) is 0. The lowest BCUT2D eigenvalue weighted by Gasteiger charge is -2.14. The Labute approximate surface area is 184 Å². The molecule has 0 spiro atoms. The van der Waals surface area contributed by atoms with E-state index in [0.29, 0.717) is 25.2 Å². The van der Waals surface area contributed by atoms with Crippen LogP contribution in [0.25, 0.3) is 0 Å². The van der Waals surface area contributed by atoms with Gasteiger partial charge >= 0.3 is 0 Å². The molecule has 0 atom stereocenters. The van der Waals surface area contributed by atoms with Gasteiger partial charge in [0.15, 0.2) is 5.96 Å². The fraction of sp³-hybridized carbons (Fsp3) is 0.381. The first-order valence-corrected chi connectivity index (χ1v) is 9.09. The largest absolute Gasteiger partial charge is 0.497 e. The van der Waals surface area contributed by atoms with Crippen LogP contribution in [0.3, 0.4) is 0 Å². The minimum absolute atomic E-state index is 0. The van der Waals surface area contributed by atoms with Crippen molar-refractivity contribution in [2.24, 2.45) is 4.99 Å². The lowest BCUT2D eigenvalue weighted by atomic mass is 10.1. The summed E-state index contributed by atoms with van der Waals surface area (Å²) in [5.74, 6) is 1.37. The van der Waals surface area contributed by atoms with E-state index in [4.69, 9.17) is 4.74 Å². The second-order valence-electron chi connectivity index (χ2n) is 6.56. The van der Waals surface area contributed by atoms with Crippen LogP contribution in [0.5, 0.6) is 5.75 Å². The Morgan fingerprint density at radius 2 is 1.89 bits per heavy atom. The van der Waals surface area contributed by atoms with Crippen LogP contribution in [0.1, 0.15) is 23.6 Å². The quantitative estimate of drug-likeness (QED) is 0.329. The van der Waals surface area contributed by atoms with E-state index in [2.05, 4.69) is 15.6 Å². The van der Waals surface area contributed by atoms with E-state index in [1.807, 2.05) is 56.3 Å². The molecular weight excluding hydrogens is 470 g/mol. The number of hydrogen-bond donors (Lipinski definition) is 2. The van der Waals surface area contributed by atoms with Crippen molar-refractivity contribution in [3.8, 4) is 5.75 Å². The number of ether oxygens (including phenoxy) is 1. The molecule has 2 rings (SSSR count). The second kappa shape index (κ2) is 12.6. The maximum Gasteiger partial charge on any atom is 0.191 e. The predicted octanol–water partition coefficient (Wildman–Crippen LogP) is 3.77. The van der Waals surface area contributed by atoms with Gasteiger partial charge in [-0.3, -0.25) is 0 Å². The Morgan fingerprint density at radius 1 is 1.11 bits per heavy atom. The Morgan fingerprint density at radius 3 is 2.57 bits per heavy atom. The Balaban J connectivity index is 0.00000392. The molecule has 0 amide bonds. The molecule has 2 aromatic rings. The summed E-state index contributed by atoms with van der Waals surface area (Å²) in [5.41, 5.74) is 2.78. The average Bonchev–Trinajstić information content (AvgIpc) is 2.66. The van der Waals surface area contributed by atoms with Gasteiger partial charge in [0.1, 0.15) is 11.6 Å². The van der Waals surface area contributed by atoms with Crippen molar-refractivity contribution >= 4 is 29.9 Å². The second-order valence-corrected chi connectivity index (χ2v) is 6.56. The molecule has 0 aliphatic carbocycles. The van der Waals surface area contributed by atoms with E-state index in [0.717, 1.165) is 29.4 Å². The molecule has 0 bridgehead atoms. The molecule has 0 aliphatic rings. The molecule has 0 aliphatic heterocycles. The predicted molar refractivity (Wildman–Crippen MR) is 124 cm³/mol. The van der Waals surface area contributed by atoms with Gasteiger partial charge in [-0.1, -0.05) is 18.2 Å². The lowest BCUT2D eigenvalue weighted by molar-refractivity contribution is 0.392. The maximum atomic E-state index is 13.9. The zero-order valence-corrected chi connectivity index (χ0v) is 19.3. The first-order valence-electron chi connectivity index (χ1n) is 9.09. The number of halogens is 2. The molecule has 0 fully saturated rings. The van der Waals surface area contributed by atoms with Crippen LogP contribution in [-0.2, 0) is 19.6 Å². The number of aliphatic imine (C=N–C) groups is 1. The molecule has 2 aromatic carbocycles. The van der Waals surface area contributed by atoms with Gasteiger partial charge in [0, 0.05) is 25.2 Å². The summed E-state index contributed by atoms with van der Waals surface area (Å²) in [4.78, 5) is 6.57. The average molecular weight is 500 g/mol. The van der Waals surface area contributed by atoms with Crippen LogP contribution in [-0.4, -0.2) is 38.6 Å². The highest BCUT2D eigenvalue weighted by Gasteiger charge is 2.06. The standard InChI is InChI=1S/C21H29FN4O.HI/c1-5-23-21(24-13-16-7-6-8-19(12-16)27-4)25-14-17-9-10-20(22)18(11-17)15-26(2)3;/h6-12H,5,13-15H2,1-4H3,(H2,23,24,25);1H. The Hall–Kier alpha value is -1.87. The molecular formula is C21H30FIN4O. The van der Waals surface area contributed by atoms with Crippen molar-refractivity contribution in [2.75, 3.05) is 27.7 Å². The third kappa shape index (κ3) is 8.02. The number of methoxy groups -OCH3 is 1. The third-order valence-corrected chi connectivity index (χ3v) is 3.95. The number of nitrogens with one attached hydrogen (secondary N) is 2. The van der Waals surface area contributed by atoms with Gasteiger partial charge in [-0.25, -0.2) is 9.38 Å². The highest BCUT2D eigenvalue weighted by Crippen LogP contribution is 2.14. The lowest BCUT2D eigenvalue weighted by Crippen LogP contribution is -2.36. The van der Waals surface area contributed by atoms with Crippen LogP contribution < -0.4 is 15.4 Å². The van der Waals surface area contributed by atoms with Crippen molar-refractivity contribution < 1.29 is 9.13 Å². The molecule has 28 heavy (non-hydrogen) atoms. The number of benzene rings is 2. The van der Waals surface area contributed by atoms with Gasteiger partial charge in [0.2, 0.25) is 0 Å². The van der Waals surface area contributed by atoms with Gasteiger partial charge in [-0.2, -0.15) is 0 Å². The number of rotatable bonds is 8. The molecule has 0 heterocycles. The Bertz CT molecular complexity index is 768. The summed E-state index contributed by atoms with van der Waals surface area (Å²) in [7, 11) is 5.51. The topological polar surface area (TPSA) is 48.9 Å². The summed E-state index contributed by atoms with van der Waals surface area (Å²) in [6.45, 7) is 4.48. The van der Waals surface area contributed by atoms with Gasteiger partial charge in [-0.05, 0) is 56.4 Å². The fourth-order valence-electron chi connectivity index (χ4n) is 2.67. The SMILES string of the molecule is CCNC(=NCc1cccc(OC)c1)NCc1ccc(F)c(CN(C)C)c1.I. The number of guanidine groups is 1. The first kappa shape index (κ1) is 24.2. The molecule has 5 nitrogen and oxygen atoms in total. The highest BCUT2D eigenvalue weighted by atomic mass is 127. The molecule has 0 saturated heterocycles. The summed E-state index contributed by atoms with van der Waals surface area (Å²) >= 11 is 0. The van der Waals surface area contributed by atoms with E-state index in [-0.39, 0.29) is 29.8 Å². The van der Waals surface area contributed by atoms with E-state index >= 15 is 0 Å². The van der Waals surface area contributed by atoms with E-state index in [9.17, 15) is 4.39 Å². The van der Waals surface area contributed by atoms with Crippen molar-refractivity contribution in [3.05, 3.63) is 65.0 Å². The van der Waals surface area contributed by atoms with Gasteiger partial charge < -0.3 is 20.3 Å². The van der Waals surface area contributed by atoms with Crippen LogP contribution >= 0.6 is 24.0 Å². The molecule has 0 aromatic heterocycles. The van der Waals surface area contributed by atoms with Crippen molar-refractivity contribution in [1.29, 1.82) is 0 Å². The van der Waals surface area contributed by atoms with E-state index in [1.54, 1.807) is 13.2 Å². The molecule has 7 heteroatoms. The first-order chi connectivity index (χ1) is 13.0.